The zero-order valence-corrected chi connectivity index (χ0v) is 14.8. The Morgan fingerprint density at radius 3 is 2.33 bits per heavy atom. The molecule has 0 radical (unpaired) electrons. The van der Waals surface area contributed by atoms with Crippen molar-refractivity contribution in [3.8, 4) is 5.75 Å². The predicted octanol–water partition coefficient (Wildman–Crippen LogP) is 1.78. The minimum atomic E-state index is -3.42. The fourth-order valence-electron chi connectivity index (χ4n) is 3.22. The third kappa shape index (κ3) is 3.57. The third-order valence-electron chi connectivity index (χ3n) is 4.66. The van der Waals surface area contributed by atoms with Gasteiger partial charge in [0.05, 0.1) is 4.90 Å². The molecule has 2 aliphatic rings. The average Bonchev–Trinajstić information content (AvgIpc) is 3.26. The van der Waals surface area contributed by atoms with Crippen molar-refractivity contribution < 1.29 is 17.9 Å². The van der Waals surface area contributed by atoms with E-state index in [1.54, 1.807) is 25.1 Å². The van der Waals surface area contributed by atoms with E-state index in [4.69, 9.17) is 4.74 Å². The van der Waals surface area contributed by atoms with E-state index in [9.17, 15) is 13.2 Å². The fourth-order valence-corrected chi connectivity index (χ4v) is 4.82. The molecule has 0 spiro atoms. The Morgan fingerprint density at radius 1 is 1.08 bits per heavy atom. The van der Waals surface area contributed by atoms with Crippen molar-refractivity contribution in [1.29, 1.82) is 0 Å². The van der Waals surface area contributed by atoms with E-state index in [0.29, 0.717) is 23.7 Å². The van der Waals surface area contributed by atoms with Crippen LogP contribution in [0.1, 0.15) is 31.2 Å². The second kappa shape index (κ2) is 7.11. The summed E-state index contributed by atoms with van der Waals surface area (Å²) < 4.78 is 32.3. The molecule has 0 aromatic heterocycles. The lowest BCUT2D eigenvalue weighted by Crippen LogP contribution is -2.32. The van der Waals surface area contributed by atoms with E-state index in [0.717, 1.165) is 44.3 Å². The molecule has 2 saturated heterocycles. The number of carbonyl (C=O) groups is 1. The molecule has 0 bridgehead atoms. The van der Waals surface area contributed by atoms with Gasteiger partial charge in [-0.1, -0.05) is 0 Å². The van der Waals surface area contributed by atoms with Gasteiger partial charge in [0, 0.05) is 26.2 Å². The molecule has 1 aromatic rings. The molecule has 0 unspecified atom stereocenters. The highest BCUT2D eigenvalue weighted by molar-refractivity contribution is 7.89. The molecule has 0 saturated carbocycles. The summed E-state index contributed by atoms with van der Waals surface area (Å²) >= 11 is 0. The number of hydrogen-bond acceptors (Lipinski definition) is 4. The maximum atomic E-state index is 12.6. The van der Waals surface area contributed by atoms with Gasteiger partial charge in [-0.25, -0.2) is 8.42 Å². The first-order valence-corrected chi connectivity index (χ1v) is 9.94. The van der Waals surface area contributed by atoms with Crippen LogP contribution in [0.25, 0.3) is 0 Å². The van der Waals surface area contributed by atoms with Crippen molar-refractivity contribution >= 4 is 15.9 Å². The van der Waals surface area contributed by atoms with Gasteiger partial charge in [-0.3, -0.25) is 4.79 Å². The number of likely N-dealkylation sites (tertiary alicyclic amines) is 1. The van der Waals surface area contributed by atoms with Gasteiger partial charge in [0.1, 0.15) is 5.75 Å². The number of rotatable bonds is 5. The van der Waals surface area contributed by atoms with Crippen LogP contribution in [-0.2, 0) is 14.8 Å². The number of amides is 1. The molecule has 0 aliphatic carbocycles. The van der Waals surface area contributed by atoms with Gasteiger partial charge >= 0.3 is 0 Å². The summed E-state index contributed by atoms with van der Waals surface area (Å²) in [5.74, 6) is 0.545. The lowest BCUT2D eigenvalue weighted by atomic mass is 10.2. The van der Waals surface area contributed by atoms with Crippen molar-refractivity contribution in [2.24, 2.45) is 0 Å². The zero-order valence-electron chi connectivity index (χ0n) is 14.0. The highest BCUT2D eigenvalue weighted by atomic mass is 32.2. The van der Waals surface area contributed by atoms with Gasteiger partial charge in [0.15, 0.2) is 6.61 Å². The molecule has 2 heterocycles. The number of benzene rings is 1. The lowest BCUT2D eigenvalue weighted by molar-refractivity contribution is -0.132. The third-order valence-corrected chi connectivity index (χ3v) is 6.55. The molecular formula is C17H24N2O4S. The minimum absolute atomic E-state index is 0.000931. The maximum absolute atomic E-state index is 12.6. The first kappa shape index (κ1) is 17.2. The molecule has 24 heavy (non-hydrogen) atoms. The summed E-state index contributed by atoms with van der Waals surface area (Å²) in [6.45, 7) is 4.58. The second-order valence-corrected chi connectivity index (χ2v) is 8.35. The van der Waals surface area contributed by atoms with E-state index >= 15 is 0 Å². The van der Waals surface area contributed by atoms with E-state index < -0.39 is 10.0 Å². The van der Waals surface area contributed by atoms with E-state index in [1.165, 1.54) is 4.31 Å². The van der Waals surface area contributed by atoms with Gasteiger partial charge in [0.25, 0.3) is 5.91 Å². The van der Waals surface area contributed by atoms with Gasteiger partial charge < -0.3 is 9.64 Å². The van der Waals surface area contributed by atoms with Crippen LogP contribution in [-0.4, -0.2) is 56.3 Å². The Bertz CT molecular complexity index is 705. The summed E-state index contributed by atoms with van der Waals surface area (Å²) in [6, 6.07) is 4.84. The molecule has 132 valence electrons. The summed E-state index contributed by atoms with van der Waals surface area (Å²) in [5, 5.41) is 0. The van der Waals surface area contributed by atoms with E-state index in [2.05, 4.69) is 0 Å². The minimum Gasteiger partial charge on any atom is -0.483 e. The molecule has 3 rings (SSSR count). The average molecular weight is 352 g/mol. The number of carbonyl (C=O) groups excluding carboxylic acids is 1. The molecule has 0 N–H and O–H groups in total. The van der Waals surface area contributed by atoms with Crippen molar-refractivity contribution in [2.45, 2.75) is 37.5 Å². The van der Waals surface area contributed by atoms with Crippen LogP contribution in [0.5, 0.6) is 5.75 Å². The highest BCUT2D eigenvalue weighted by Crippen LogP contribution is 2.26. The van der Waals surface area contributed by atoms with Gasteiger partial charge in [-0.05, 0) is 56.4 Å². The van der Waals surface area contributed by atoms with Crippen LogP contribution in [0.2, 0.25) is 0 Å². The predicted molar refractivity (Wildman–Crippen MR) is 90.5 cm³/mol. The fraction of sp³-hybridized carbons (Fsp3) is 0.588. The molecule has 7 heteroatoms. The smallest absolute Gasteiger partial charge is 0.260 e. The number of aryl methyl sites for hydroxylation is 1. The summed E-state index contributed by atoms with van der Waals surface area (Å²) in [7, 11) is -3.42. The van der Waals surface area contributed by atoms with Crippen molar-refractivity contribution in [1.82, 2.24) is 9.21 Å². The van der Waals surface area contributed by atoms with E-state index in [1.807, 2.05) is 4.90 Å². The topological polar surface area (TPSA) is 66.9 Å². The van der Waals surface area contributed by atoms with Crippen LogP contribution in [0.3, 0.4) is 0 Å². The van der Waals surface area contributed by atoms with Crippen LogP contribution >= 0.6 is 0 Å². The Hall–Kier alpha value is -1.60. The van der Waals surface area contributed by atoms with E-state index in [-0.39, 0.29) is 12.5 Å². The van der Waals surface area contributed by atoms with Crippen LogP contribution < -0.4 is 4.74 Å². The summed E-state index contributed by atoms with van der Waals surface area (Å²) in [4.78, 5) is 14.1. The number of ether oxygens (including phenoxy) is 1. The summed E-state index contributed by atoms with van der Waals surface area (Å²) in [6.07, 6.45) is 3.93. The number of hydrogen-bond donors (Lipinski definition) is 0. The monoisotopic (exact) mass is 352 g/mol. The van der Waals surface area contributed by atoms with Gasteiger partial charge in [0.2, 0.25) is 10.0 Å². The quantitative estimate of drug-likeness (QED) is 0.810. The molecule has 2 aliphatic heterocycles. The van der Waals surface area contributed by atoms with Crippen LogP contribution in [0, 0.1) is 6.92 Å². The SMILES string of the molecule is Cc1cc(S(=O)(=O)N2CCCC2)ccc1OCC(=O)N1CCCC1. The molecular weight excluding hydrogens is 328 g/mol. The van der Waals surface area contributed by atoms with Crippen LogP contribution in [0.4, 0.5) is 0 Å². The Kier molecular flexibility index (Phi) is 5.10. The normalized spacial score (nSPS) is 19.0. The number of nitrogens with zero attached hydrogens (tertiary/aromatic N) is 2. The summed E-state index contributed by atoms with van der Waals surface area (Å²) in [5.41, 5.74) is 0.726. The molecule has 6 nitrogen and oxygen atoms in total. The molecule has 2 fully saturated rings. The van der Waals surface area contributed by atoms with Crippen molar-refractivity contribution in [3.05, 3.63) is 23.8 Å². The molecule has 1 amide bonds. The van der Waals surface area contributed by atoms with Crippen molar-refractivity contribution in [2.75, 3.05) is 32.8 Å². The Balaban J connectivity index is 1.67. The second-order valence-electron chi connectivity index (χ2n) is 6.42. The van der Waals surface area contributed by atoms with Gasteiger partial charge in [-0.2, -0.15) is 4.31 Å². The first-order chi connectivity index (χ1) is 11.5. The molecule has 1 aromatic carbocycles. The number of sulfonamides is 1. The Morgan fingerprint density at radius 2 is 1.71 bits per heavy atom. The zero-order chi connectivity index (χ0) is 17.2. The standard InChI is InChI=1S/C17H24N2O4S/c1-14-12-15(24(21,22)19-10-4-5-11-19)6-7-16(14)23-13-17(20)18-8-2-3-9-18/h6-7,12H,2-5,8-11,13H2,1H3. The van der Waals surface area contributed by atoms with Crippen LogP contribution in [0.15, 0.2) is 23.1 Å². The largest absolute Gasteiger partial charge is 0.483 e. The maximum Gasteiger partial charge on any atom is 0.260 e. The highest BCUT2D eigenvalue weighted by Gasteiger charge is 2.27. The van der Waals surface area contributed by atoms with Gasteiger partial charge in [-0.15, -0.1) is 0 Å². The lowest BCUT2D eigenvalue weighted by Gasteiger charge is -2.18. The first-order valence-electron chi connectivity index (χ1n) is 8.50. The Labute approximate surface area is 143 Å². The molecule has 0 atom stereocenters. The van der Waals surface area contributed by atoms with Crippen molar-refractivity contribution in [3.63, 3.8) is 0 Å².